The van der Waals surface area contributed by atoms with Crippen LogP contribution in [0.2, 0.25) is 0 Å². The van der Waals surface area contributed by atoms with Gasteiger partial charge in [0.2, 0.25) is 5.91 Å². The molecule has 0 spiro atoms. The molecule has 1 saturated heterocycles. The number of aliphatic carboxylic acids is 1. The summed E-state index contributed by atoms with van der Waals surface area (Å²) in [5.74, 6) is -1.17. The van der Waals surface area contributed by atoms with Gasteiger partial charge in [0.05, 0.1) is 6.61 Å². The molecule has 0 saturated carbocycles. The number of likely N-dealkylation sites (tertiary alicyclic amines) is 1. The molecule has 0 bridgehead atoms. The van der Waals surface area contributed by atoms with Crippen LogP contribution in [-0.4, -0.2) is 52.7 Å². The van der Waals surface area contributed by atoms with Crippen LogP contribution in [0.15, 0.2) is 0 Å². The third-order valence-corrected chi connectivity index (χ3v) is 3.37. The Hall–Kier alpha value is -1.61. The maximum Gasteiger partial charge on any atom is 0.320 e. The van der Waals surface area contributed by atoms with E-state index in [1.54, 1.807) is 4.90 Å². The molecule has 0 unspecified atom stereocenters. The minimum atomic E-state index is -1.12. The monoisotopic (exact) mass is 325 g/mol. The van der Waals surface area contributed by atoms with E-state index in [1.807, 2.05) is 0 Å². The van der Waals surface area contributed by atoms with Gasteiger partial charge in [0, 0.05) is 19.5 Å². The highest BCUT2D eigenvalue weighted by molar-refractivity contribution is 5.85. The molecule has 122 valence electrons. The van der Waals surface area contributed by atoms with Crippen LogP contribution in [0.3, 0.4) is 0 Å². The average molecular weight is 326 g/mol. The van der Waals surface area contributed by atoms with Gasteiger partial charge in [0.1, 0.15) is 6.04 Å². The molecule has 9 nitrogen and oxygen atoms in total. The summed E-state index contributed by atoms with van der Waals surface area (Å²) in [7, 11) is 0. The van der Waals surface area contributed by atoms with Crippen molar-refractivity contribution < 1.29 is 24.6 Å². The van der Waals surface area contributed by atoms with Crippen LogP contribution in [0.4, 0.5) is 0 Å². The van der Waals surface area contributed by atoms with Crippen molar-refractivity contribution in [2.45, 2.75) is 31.7 Å². The van der Waals surface area contributed by atoms with E-state index < -0.39 is 17.1 Å². The number of nitrogens with two attached hydrogens (primary N) is 1. The van der Waals surface area contributed by atoms with Crippen molar-refractivity contribution in [3.8, 4) is 0 Å². The number of carboxylic acid groups (broad SMARTS) is 1. The van der Waals surface area contributed by atoms with E-state index in [9.17, 15) is 19.7 Å². The van der Waals surface area contributed by atoms with E-state index in [0.717, 1.165) is 0 Å². The van der Waals surface area contributed by atoms with Crippen molar-refractivity contribution in [1.82, 2.24) is 4.90 Å². The average Bonchev–Trinajstić information content (AvgIpc) is 2.42. The van der Waals surface area contributed by atoms with Gasteiger partial charge in [-0.25, -0.2) is 0 Å². The molecule has 3 N–H and O–H groups in total. The number of hydrogen-bond acceptors (Lipinski definition) is 6. The predicted octanol–water partition coefficient (Wildman–Crippen LogP) is 0.0472. The summed E-state index contributed by atoms with van der Waals surface area (Å²) in [4.78, 5) is 38.4. The first kappa shape index (κ1) is 19.4. The lowest BCUT2D eigenvalue weighted by Crippen LogP contribution is -2.40. The fourth-order valence-electron chi connectivity index (χ4n) is 2.08. The molecule has 0 aliphatic carbocycles. The van der Waals surface area contributed by atoms with Crippen molar-refractivity contribution in [2.75, 3.05) is 19.7 Å². The molecule has 1 atom stereocenters. The van der Waals surface area contributed by atoms with Gasteiger partial charge in [0.15, 0.2) is 0 Å². The van der Waals surface area contributed by atoms with E-state index in [-0.39, 0.29) is 43.7 Å². The highest BCUT2D eigenvalue weighted by atomic mass is 35.5. The maximum absolute atomic E-state index is 11.8. The number of piperidine rings is 1. The molecule has 1 heterocycles. The molecule has 21 heavy (non-hydrogen) atoms. The maximum atomic E-state index is 11.8. The van der Waals surface area contributed by atoms with Crippen LogP contribution in [-0.2, 0) is 14.4 Å². The minimum absolute atomic E-state index is 0. The van der Waals surface area contributed by atoms with Crippen molar-refractivity contribution in [3.05, 3.63) is 10.1 Å². The van der Waals surface area contributed by atoms with Gasteiger partial charge in [-0.1, -0.05) is 0 Å². The molecule has 1 aliphatic heterocycles. The Kier molecular flexibility index (Phi) is 8.63. The molecule has 1 aliphatic rings. The summed E-state index contributed by atoms with van der Waals surface area (Å²) in [5, 5.41) is 17.9. The van der Waals surface area contributed by atoms with E-state index in [2.05, 4.69) is 4.84 Å². The van der Waals surface area contributed by atoms with Crippen LogP contribution >= 0.6 is 12.4 Å². The lowest BCUT2D eigenvalue weighted by Gasteiger charge is -2.31. The van der Waals surface area contributed by atoms with Gasteiger partial charge in [-0.15, -0.1) is 22.5 Å². The molecular formula is C11H20ClN3O6. The quantitative estimate of drug-likeness (QED) is 0.498. The number of carbonyl (C=O) groups excluding carboxylic acids is 1. The Bertz CT molecular complexity index is 373. The Morgan fingerprint density at radius 1 is 1.43 bits per heavy atom. The highest BCUT2D eigenvalue weighted by Crippen LogP contribution is 2.18. The van der Waals surface area contributed by atoms with E-state index in [0.29, 0.717) is 25.9 Å². The van der Waals surface area contributed by atoms with E-state index in [4.69, 9.17) is 10.8 Å². The summed E-state index contributed by atoms with van der Waals surface area (Å²) in [6.07, 6.45) is 1.50. The van der Waals surface area contributed by atoms with Crippen LogP contribution < -0.4 is 5.73 Å². The number of carbonyl (C=O) groups is 2. The molecule has 0 aromatic rings. The topological polar surface area (TPSA) is 136 Å². The first-order valence-corrected chi connectivity index (χ1v) is 6.43. The third kappa shape index (κ3) is 7.09. The largest absolute Gasteiger partial charge is 0.480 e. The summed E-state index contributed by atoms with van der Waals surface area (Å²) in [6, 6.07) is -1.02. The highest BCUT2D eigenvalue weighted by Gasteiger charge is 2.24. The molecule has 0 radical (unpaired) electrons. The first-order chi connectivity index (χ1) is 9.40. The normalized spacial score (nSPS) is 16.7. The van der Waals surface area contributed by atoms with Crippen LogP contribution in [0.5, 0.6) is 0 Å². The van der Waals surface area contributed by atoms with Crippen LogP contribution in [0, 0.1) is 16.0 Å². The SMILES string of the molecule is Cl.N[C@@H](CCC(=O)N1CCC(CO[N+](=O)[O-])CC1)C(=O)O. The number of carboxylic acids is 1. The van der Waals surface area contributed by atoms with Gasteiger partial charge >= 0.3 is 5.97 Å². The van der Waals surface area contributed by atoms with Crippen LogP contribution in [0.25, 0.3) is 0 Å². The third-order valence-electron chi connectivity index (χ3n) is 3.37. The van der Waals surface area contributed by atoms with Crippen molar-refractivity contribution in [3.63, 3.8) is 0 Å². The fraction of sp³-hybridized carbons (Fsp3) is 0.818. The molecule has 10 heteroatoms. The number of nitrogens with zero attached hydrogens (tertiary/aromatic N) is 2. The zero-order chi connectivity index (χ0) is 15.1. The van der Waals surface area contributed by atoms with Crippen molar-refractivity contribution in [1.29, 1.82) is 0 Å². The minimum Gasteiger partial charge on any atom is -0.480 e. The Morgan fingerprint density at radius 2 is 2.00 bits per heavy atom. The molecule has 0 aromatic heterocycles. The van der Waals surface area contributed by atoms with Gasteiger partial charge in [0.25, 0.3) is 5.09 Å². The predicted molar refractivity (Wildman–Crippen MR) is 74.3 cm³/mol. The standard InChI is InChI=1S/C11H19N3O6.ClH/c12-9(11(16)17)1-2-10(15)13-5-3-8(4-6-13)7-20-14(18)19;/h8-9H,1-7,12H2,(H,16,17);1H/t9-;/m0./s1. The zero-order valence-electron chi connectivity index (χ0n) is 11.5. The van der Waals surface area contributed by atoms with Gasteiger partial charge in [-0.2, -0.15) is 0 Å². The van der Waals surface area contributed by atoms with Crippen LogP contribution in [0.1, 0.15) is 25.7 Å². The van der Waals surface area contributed by atoms with Gasteiger partial charge < -0.3 is 20.6 Å². The number of rotatable bonds is 7. The molecule has 1 amide bonds. The Labute approximate surface area is 127 Å². The van der Waals surface area contributed by atoms with Crippen molar-refractivity contribution in [2.24, 2.45) is 11.7 Å². The van der Waals surface area contributed by atoms with Gasteiger partial charge in [-0.05, 0) is 25.2 Å². The number of halogens is 1. The van der Waals surface area contributed by atoms with E-state index >= 15 is 0 Å². The number of hydrogen-bond donors (Lipinski definition) is 2. The molecule has 0 aromatic carbocycles. The second-order valence-electron chi connectivity index (χ2n) is 4.83. The van der Waals surface area contributed by atoms with Gasteiger partial charge in [-0.3, -0.25) is 9.59 Å². The Balaban J connectivity index is 0.00000400. The molecule has 1 rings (SSSR count). The van der Waals surface area contributed by atoms with E-state index in [1.165, 1.54) is 0 Å². The second kappa shape index (κ2) is 9.35. The summed E-state index contributed by atoms with van der Waals surface area (Å²) in [6.45, 7) is 1.07. The Morgan fingerprint density at radius 3 is 2.48 bits per heavy atom. The number of amides is 1. The first-order valence-electron chi connectivity index (χ1n) is 6.43. The lowest BCUT2D eigenvalue weighted by molar-refractivity contribution is -0.759. The molecule has 1 fully saturated rings. The smallest absolute Gasteiger partial charge is 0.320 e. The summed E-state index contributed by atoms with van der Waals surface area (Å²) >= 11 is 0. The zero-order valence-corrected chi connectivity index (χ0v) is 12.3. The second-order valence-corrected chi connectivity index (χ2v) is 4.83. The summed E-state index contributed by atoms with van der Waals surface area (Å²) < 4.78 is 0. The fourth-order valence-corrected chi connectivity index (χ4v) is 2.08. The summed E-state index contributed by atoms with van der Waals surface area (Å²) in [5.41, 5.74) is 5.33. The molecular weight excluding hydrogens is 306 g/mol. The van der Waals surface area contributed by atoms with Crippen molar-refractivity contribution >= 4 is 24.3 Å². The lowest BCUT2D eigenvalue weighted by atomic mass is 9.97.